The molecular weight excluding hydrogens is 382 g/mol. The standard InChI is InChI=1S/C20H27N3O4.ClH/c24-19(12-16-13-26-10-7-21-16)23-8-2-1-3-17(23)20(25)22-15-4-5-18-14(11-15)6-9-27-18;/h4-5,11,16-17,21H,1-3,6-10,12-13H2,(H,22,25);1H. The third-order valence-corrected chi connectivity index (χ3v) is 5.50. The van der Waals surface area contributed by atoms with E-state index in [1.165, 1.54) is 0 Å². The maximum atomic E-state index is 12.9. The van der Waals surface area contributed by atoms with Gasteiger partial charge in [-0.2, -0.15) is 0 Å². The highest BCUT2D eigenvalue weighted by Gasteiger charge is 2.33. The van der Waals surface area contributed by atoms with Crippen LogP contribution in [0.25, 0.3) is 0 Å². The number of nitrogens with one attached hydrogen (secondary N) is 2. The fourth-order valence-electron chi connectivity index (χ4n) is 4.07. The number of ether oxygens (including phenoxy) is 2. The number of carbonyl (C=O) groups is 2. The molecule has 0 radical (unpaired) electrons. The summed E-state index contributed by atoms with van der Waals surface area (Å²) in [6, 6.07) is 5.36. The quantitative estimate of drug-likeness (QED) is 0.791. The lowest BCUT2D eigenvalue weighted by Gasteiger charge is -2.36. The van der Waals surface area contributed by atoms with Gasteiger partial charge >= 0.3 is 0 Å². The lowest BCUT2D eigenvalue weighted by molar-refractivity contribution is -0.141. The molecule has 0 spiro atoms. The van der Waals surface area contributed by atoms with Crippen molar-refractivity contribution in [3.8, 4) is 5.75 Å². The van der Waals surface area contributed by atoms with Gasteiger partial charge in [0.2, 0.25) is 11.8 Å². The highest BCUT2D eigenvalue weighted by Crippen LogP contribution is 2.28. The van der Waals surface area contributed by atoms with Crippen molar-refractivity contribution in [3.05, 3.63) is 23.8 Å². The molecule has 2 N–H and O–H groups in total. The van der Waals surface area contributed by atoms with Crippen molar-refractivity contribution in [3.63, 3.8) is 0 Å². The van der Waals surface area contributed by atoms with Gasteiger partial charge in [-0.05, 0) is 43.0 Å². The molecule has 0 saturated carbocycles. The Hall–Kier alpha value is -1.83. The Balaban J connectivity index is 0.00000225. The molecule has 3 aliphatic heterocycles. The Morgan fingerprint density at radius 1 is 1.25 bits per heavy atom. The summed E-state index contributed by atoms with van der Waals surface area (Å²) in [5, 5.41) is 6.31. The minimum absolute atomic E-state index is 0. The van der Waals surface area contributed by atoms with E-state index in [2.05, 4.69) is 10.6 Å². The van der Waals surface area contributed by atoms with E-state index in [1.54, 1.807) is 4.90 Å². The van der Waals surface area contributed by atoms with Gasteiger partial charge in [0, 0.05) is 37.7 Å². The number of benzene rings is 1. The second-order valence-electron chi connectivity index (χ2n) is 7.44. The fraction of sp³-hybridized carbons (Fsp3) is 0.600. The topological polar surface area (TPSA) is 79.9 Å². The van der Waals surface area contributed by atoms with E-state index < -0.39 is 6.04 Å². The average Bonchev–Trinajstić information content (AvgIpc) is 3.16. The number of piperidine rings is 1. The van der Waals surface area contributed by atoms with E-state index in [9.17, 15) is 9.59 Å². The van der Waals surface area contributed by atoms with Crippen LogP contribution < -0.4 is 15.4 Å². The Labute approximate surface area is 171 Å². The third kappa shape index (κ3) is 4.77. The first kappa shape index (κ1) is 20.9. The molecular formula is C20H28ClN3O4. The van der Waals surface area contributed by atoms with Gasteiger partial charge in [0.05, 0.1) is 19.8 Å². The zero-order valence-corrected chi connectivity index (χ0v) is 16.8. The number of anilines is 1. The van der Waals surface area contributed by atoms with Crippen molar-refractivity contribution in [2.24, 2.45) is 0 Å². The number of likely N-dealkylation sites (tertiary alicyclic amines) is 1. The van der Waals surface area contributed by atoms with Gasteiger partial charge in [-0.1, -0.05) is 0 Å². The van der Waals surface area contributed by atoms with Crippen molar-refractivity contribution in [2.75, 3.05) is 38.2 Å². The first-order valence-electron chi connectivity index (χ1n) is 9.88. The number of hydrogen-bond donors (Lipinski definition) is 2. The monoisotopic (exact) mass is 409 g/mol. The summed E-state index contributed by atoms with van der Waals surface area (Å²) in [6.45, 7) is 3.34. The zero-order valence-electron chi connectivity index (χ0n) is 15.9. The number of amides is 2. The Morgan fingerprint density at radius 3 is 2.96 bits per heavy atom. The van der Waals surface area contributed by atoms with Crippen LogP contribution in [0.2, 0.25) is 0 Å². The van der Waals surface area contributed by atoms with E-state index >= 15 is 0 Å². The molecule has 1 aromatic rings. The number of morpholine rings is 1. The predicted molar refractivity (Wildman–Crippen MR) is 108 cm³/mol. The number of fused-ring (bicyclic) bond motifs is 1. The third-order valence-electron chi connectivity index (χ3n) is 5.50. The second-order valence-corrected chi connectivity index (χ2v) is 7.44. The molecule has 154 valence electrons. The van der Waals surface area contributed by atoms with Gasteiger partial charge < -0.3 is 25.0 Å². The van der Waals surface area contributed by atoms with Crippen molar-refractivity contribution >= 4 is 29.9 Å². The molecule has 2 unspecified atom stereocenters. The molecule has 4 rings (SSSR count). The number of hydrogen-bond acceptors (Lipinski definition) is 5. The predicted octanol–water partition coefficient (Wildman–Crippen LogP) is 1.74. The van der Waals surface area contributed by atoms with Gasteiger partial charge in [0.25, 0.3) is 0 Å². The number of carbonyl (C=O) groups excluding carboxylic acids is 2. The largest absolute Gasteiger partial charge is 0.493 e. The van der Waals surface area contributed by atoms with Crippen LogP contribution in [-0.2, 0) is 20.7 Å². The SMILES string of the molecule is Cl.O=C(Nc1ccc2c(c1)CCO2)C1CCCCN1C(=O)CC1COCCN1. The Bertz CT molecular complexity index is 709. The molecule has 2 fully saturated rings. The summed E-state index contributed by atoms with van der Waals surface area (Å²) in [5.74, 6) is 0.819. The molecule has 28 heavy (non-hydrogen) atoms. The first-order chi connectivity index (χ1) is 13.2. The van der Waals surface area contributed by atoms with Gasteiger partial charge in [-0.3, -0.25) is 9.59 Å². The van der Waals surface area contributed by atoms with Crippen LogP contribution >= 0.6 is 12.4 Å². The maximum Gasteiger partial charge on any atom is 0.247 e. The number of halogens is 1. The summed E-state index contributed by atoms with van der Waals surface area (Å²) in [6.07, 6.45) is 3.86. The van der Waals surface area contributed by atoms with Crippen molar-refractivity contribution in [2.45, 2.75) is 44.2 Å². The van der Waals surface area contributed by atoms with E-state index in [0.717, 1.165) is 42.8 Å². The van der Waals surface area contributed by atoms with Gasteiger partial charge in [0.15, 0.2) is 0 Å². The van der Waals surface area contributed by atoms with Crippen LogP contribution in [0, 0.1) is 0 Å². The van der Waals surface area contributed by atoms with E-state index in [4.69, 9.17) is 9.47 Å². The van der Waals surface area contributed by atoms with Gasteiger partial charge in [0.1, 0.15) is 11.8 Å². The van der Waals surface area contributed by atoms with Crippen LogP contribution in [0.4, 0.5) is 5.69 Å². The highest BCUT2D eigenvalue weighted by atomic mass is 35.5. The molecule has 8 heteroatoms. The van der Waals surface area contributed by atoms with Crippen molar-refractivity contribution < 1.29 is 19.1 Å². The van der Waals surface area contributed by atoms with E-state index in [1.807, 2.05) is 18.2 Å². The molecule has 2 atom stereocenters. The summed E-state index contributed by atoms with van der Waals surface area (Å²) < 4.78 is 11.0. The minimum Gasteiger partial charge on any atom is -0.493 e. The van der Waals surface area contributed by atoms with Crippen LogP contribution in [-0.4, -0.2) is 61.7 Å². The first-order valence-corrected chi connectivity index (χ1v) is 9.88. The molecule has 7 nitrogen and oxygen atoms in total. The van der Waals surface area contributed by atoms with Crippen LogP contribution in [0.5, 0.6) is 5.75 Å². The van der Waals surface area contributed by atoms with E-state index in [-0.39, 0.29) is 30.3 Å². The van der Waals surface area contributed by atoms with Gasteiger partial charge in [-0.15, -0.1) is 12.4 Å². The molecule has 3 heterocycles. The Kier molecular flexibility index (Phi) is 7.15. The summed E-state index contributed by atoms with van der Waals surface area (Å²) in [5.41, 5.74) is 1.89. The fourth-order valence-corrected chi connectivity index (χ4v) is 4.07. The highest BCUT2D eigenvalue weighted by molar-refractivity contribution is 5.97. The maximum absolute atomic E-state index is 12.9. The number of rotatable bonds is 4. The average molecular weight is 410 g/mol. The minimum atomic E-state index is -0.403. The smallest absolute Gasteiger partial charge is 0.247 e. The zero-order chi connectivity index (χ0) is 18.6. The molecule has 1 aromatic carbocycles. The van der Waals surface area contributed by atoms with Crippen LogP contribution in [0.3, 0.4) is 0 Å². The molecule has 0 bridgehead atoms. The van der Waals surface area contributed by atoms with Crippen molar-refractivity contribution in [1.29, 1.82) is 0 Å². The van der Waals surface area contributed by atoms with Crippen LogP contribution in [0.1, 0.15) is 31.2 Å². The van der Waals surface area contributed by atoms with E-state index in [0.29, 0.717) is 39.2 Å². The second kappa shape index (κ2) is 9.58. The molecule has 0 aromatic heterocycles. The summed E-state index contributed by atoms with van der Waals surface area (Å²) in [4.78, 5) is 27.5. The lowest BCUT2D eigenvalue weighted by atomic mass is 9.99. The summed E-state index contributed by atoms with van der Waals surface area (Å²) in [7, 11) is 0. The van der Waals surface area contributed by atoms with Crippen LogP contribution in [0.15, 0.2) is 18.2 Å². The van der Waals surface area contributed by atoms with Crippen molar-refractivity contribution in [1.82, 2.24) is 10.2 Å². The molecule has 3 aliphatic rings. The normalized spacial score (nSPS) is 23.9. The van der Waals surface area contributed by atoms with Gasteiger partial charge in [-0.25, -0.2) is 0 Å². The molecule has 2 saturated heterocycles. The summed E-state index contributed by atoms with van der Waals surface area (Å²) >= 11 is 0. The molecule has 0 aliphatic carbocycles. The number of nitrogens with zero attached hydrogens (tertiary/aromatic N) is 1. The molecule has 2 amide bonds. The lowest BCUT2D eigenvalue weighted by Crippen LogP contribution is -2.52. The Morgan fingerprint density at radius 2 is 2.14 bits per heavy atom.